The first-order valence-electron chi connectivity index (χ1n) is 8.12. The zero-order valence-electron chi connectivity index (χ0n) is 13.9. The molecule has 25 heavy (non-hydrogen) atoms. The van der Waals surface area contributed by atoms with Crippen LogP contribution in [0.1, 0.15) is 32.2 Å². The zero-order valence-corrected chi connectivity index (χ0v) is 15.5. The summed E-state index contributed by atoms with van der Waals surface area (Å²) in [6.07, 6.45) is 4.52. The first-order chi connectivity index (χ1) is 12.2. The molecule has 1 aliphatic rings. The largest absolute Gasteiger partial charge is 0.324 e. The van der Waals surface area contributed by atoms with Crippen molar-refractivity contribution < 1.29 is 4.79 Å². The lowest BCUT2D eigenvalue weighted by Crippen LogP contribution is -2.15. The predicted octanol–water partition coefficient (Wildman–Crippen LogP) is 3.74. The number of amides is 1. The van der Waals surface area contributed by atoms with Crippen LogP contribution in [-0.2, 0) is 4.79 Å². The summed E-state index contributed by atoms with van der Waals surface area (Å²) in [5.74, 6) is 0.217. The van der Waals surface area contributed by atoms with Crippen molar-refractivity contribution in [1.82, 2.24) is 14.8 Å². The van der Waals surface area contributed by atoms with Gasteiger partial charge in [0.1, 0.15) is 6.33 Å². The van der Waals surface area contributed by atoms with Gasteiger partial charge < -0.3 is 9.88 Å². The van der Waals surface area contributed by atoms with Crippen LogP contribution in [-0.4, -0.2) is 31.7 Å². The third-order valence-corrected chi connectivity index (χ3v) is 5.82. The second kappa shape index (κ2) is 8.41. The first kappa shape index (κ1) is 17.8. The Labute approximate surface area is 155 Å². The number of carbonyl (C=O) groups excluding carboxylic acids is 1. The average molecular weight is 374 g/mol. The van der Waals surface area contributed by atoms with Gasteiger partial charge in [0.05, 0.1) is 17.5 Å². The Morgan fingerprint density at radius 1 is 1.48 bits per heavy atom. The molecule has 1 N–H and O–H groups in total. The molecule has 1 aromatic carbocycles. The van der Waals surface area contributed by atoms with Crippen LogP contribution in [0.4, 0.5) is 5.69 Å². The minimum atomic E-state index is -0.0728. The van der Waals surface area contributed by atoms with Gasteiger partial charge in [-0.2, -0.15) is 5.26 Å². The third kappa shape index (κ3) is 5.00. The molecule has 0 aliphatic heterocycles. The van der Waals surface area contributed by atoms with Gasteiger partial charge in [-0.25, -0.2) is 0 Å². The van der Waals surface area contributed by atoms with Crippen LogP contribution >= 0.6 is 23.5 Å². The van der Waals surface area contributed by atoms with Crippen molar-refractivity contribution in [1.29, 1.82) is 5.26 Å². The molecular formula is C17H19N5OS2. The Bertz CT molecular complexity index is 781. The van der Waals surface area contributed by atoms with E-state index >= 15 is 0 Å². The highest BCUT2D eigenvalue weighted by Crippen LogP contribution is 2.37. The summed E-state index contributed by atoms with van der Waals surface area (Å²) in [6.45, 7) is 2.01. The van der Waals surface area contributed by atoms with Crippen molar-refractivity contribution in [3.8, 4) is 6.07 Å². The van der Waals surface area contributed by atoms with Gasteiger partial charge in [-0.15, -0.1) is 22.0 Å². The Morgan fingerprint density at radius 2 is 2.28 bits per heavy atom. The number of hydrogen-bond acceptors (Lipinski definition) is 6. The van der Waals surface area contributed by atoms with E-state index in [1.165, 1.54) is 11.8 Å². The number of nitrogens with zero attached hydrogens (tertiary/aromatic N) is 4. The predicted molar refractivity (Wildman–Crippen MR) is 99.6 cm³/mol. The van der Waals surface area contributed by atoms with Crippen LogP contribution in [0.2, 0.25) is 0 Å². The van der Waals surface area contributed by atoms with Gasteiger partial charge >= 0.3 is 0 Å². The second-order valence-corrected chi connectivity index (χ2v) is 8.30. The van der Waals surface area contributed by atoms with Gasteiger partial charge in [0, 0.05) is 22.6 Å². The molecule has 130 valence electrons. The van der Waals surface area contributed by atoms with Crippen molar-refractivity contribution in [2.75, 3.05) is 11.1 Å². The molecule has 1 aromatic heterocycles. The summed E-state index contributed by atoms with van der Waals surface area (Å²) in [7, 11) is 0. The molecule has 2 aromatic rings. The molecule has 1 heterocycles. The Hall–Kier alpha value is -1.98. The lowest BCUT2D eigenvalue weighted by Gasteiger charge is -2.13. The molecule has 1 amide bonds. The van der Waals surface area contributed by atoms with Crippen molar-refractivity contribution in [3.05, 3.63) is 30.6 Å². The third-order valence-electron chi connectivity index (χ3n) is 3.68. The SMILES string of the molecule is C[C@H](CC#N)Sc1ccccc1NC(=O)CSc1nncn1C1CC1. The summed E-state index contributed by atoms with van der Waals surface area (Å²) in [4.78, 5) is 13.3. The Kier molecular flexibility index (Phi) is 6.00. The maximum atomic E-state index is 12.3. The number of thioether (sulfide) groups is 2. The molecule has 6 nitrogen and oxygen atoms in total. The van der Waals surface area contributed by atoms with Crippen molar-refractivity contribution in [2.45, 2.75) is 47.5 Å². The molecule has 1 saturated carbocycles. The number of benzene rings is 1. The minimum Gasteiger partial charge on any atom is -0.324 e. The topological polar surface area (TPSA) is 83.6 Å². The molecule has 0 unspecified atom stereocenters. The molecule has 0 radical (unpaired) electrons. The van der Waals surface area contributed by atoms with Crippen molar-refractivity contribution in [3.63, 3.8) is 0 Å². The number of carbonyl (C=O) groups is 1. The number of anilines is 1. The number of rotatable bonds is 8. The highest BCUT2D eigenvalue weighted by Gasteiger charge is 2.26. The Morgan fingerprint density at radius 3 is 3.04 bits per heavy atom. The molecule has 0 saturated heterocycles. The van der Waals surface area contributed by atoms with Crippen LogP contribution in [0.5, 0.6) is 0 Å². The highest BCUT2D eigenvalue weighted by molar-refractivity contribution is 8.00. The number of hydrogen-bond donors (Lipinski definition) is 1. The normalized spacial score (nSPS) is 14.7. The van der Waals surface area contributed by atoms with E-state index < -0.39 is 0 Å². The van der Waals surface area contributed by atoms with E-state index in [0.717, 1.165) is 28.6 Å². The standard InChI is InChI=1S/C17H19N5OS2/c1-12(8-9-18)25-15-5-3-2-4-14(15)20-16(23)10-24-17-21-19-11-22(17)13-6-7-13/h2-5,11-13H,6-8,10H2,1H3,(H,20,23)/t12-/m1/s1. The van der Waals surface area contributed by atoms with Gasteiger partial charge in [0.15, 0.2) is 5.16 Å². The molecule has 0 bridgehead atoms. The summed E-state index contributed by atoms with van der Waals surface area (Å²) in [5, 5.41) is 20.8. The van der Waals surface area contributed by atoms with E-state index in [1.54, 1.807) is 18.1 Å². The van der Waals surface area contributed by atoms with E-state index in [9.17, 15) is 4.79 Å². The van der Waals surface area contributed by atoms with Crippen LogP contribution in [0, 0.1) is 11.3 Å². The summed E-state index contributed by atoms with van der Waals surface area (Å²) < 4.78 is 2.05. The number of para-hydroxylation sites is 1. The van der Waals surface area contributed by atoms with Crippen LogP contribution in [0.25, 0.3) is 0 Å². The minimum absolute atomic E-state index is 0.0728. The summed E-state index contributed by atoms with van der Waals surface area (Å²) in [5.41, 5.74) is 0.784. The fourth-order valence-corrected chi connectivity index (χ4v) is 4.09. The van der Waals surface area contributed by atoms with Gasteiger partial charge in [0.2, 0.25) is 5.91 Å². The van der Waals surface area contributed by atoms with Gasteiger partial charge in [-0.1, -0.05) is 30.8 Å². The number of nitriles is 1. The molecule has 3 rings (SSSR count). The van der Waals surface area contributed by atoms with E-state index in [0.29, 0.717) is 12.5 Å². The molecule has 8 heteroatoms. The second-order valence-electron chi connectivity index (χ2n) is 5.88. The molecule has 1 aliphatic carbocycles. The maximum absolute atomic E-state index is 12.3. The molecule has 1 atom stereocenters. The van der Waals surface area contributed by atoms with E-state index in [4.69, 9.17) is 5.26 Å². The van der Waals surface area contributed by atoms with Gasteiger partial charge in [-0.05, 0) is 25.0 Å². The van der Waals surface area contributed by atoms with Gasteiger partial charge in [0.25, 0.3) is 0 Å². The summed E-state index contributed by atoms with van der Waals surface area (Å²) in [6, 6.07) is 10.4. The van der Waals surface area contributed by atoms with Crippen LogP contribution < -0.4 is 5.32 Å². The quantitative estimate of drug-likeness (QED) is 0.710. The molecular weight excluding hydrogens is 354 g/mol. The number of aromatic nitrogens is 3. The average Bonchev–Trinajstić information content (AvgIpc) is 3.33. The smallest absolute Gasteiger partial charge is 0.234 e. The fourth-order valence-electron chi connectivity index (χ4n) is 2.31. The van der Waals surface area contributed by atoms with Crippen LogP contribution in [0.3, 0.4) is 0 Å². The first-order valence-corrected chi connectivity index (χ1v) is 9.98. The fraction of sp³-hybridized carbons (Fsp3) is 0.412. The van der Waals surface area contributed by atoms with E-state index in [2.05, 4.69) is 21.6 Å². The maximum Gasteiger partial charge on any atom is 0.234 e. The lowest BCUT2D eigenvalue weighted by atomic mass is 10.3. The van der Waals surface area contributed by atoms with Gasteiger partial charge in [-0.3, -0.25) is 4.79 Å². The van der Waals surface area contributed by atoms with E-state index in [1.807, 2.05) is 35.8 Å². The Balaban J connectivity index is 1.57. The van der Waals surface area contributed by atoms with Crippen LogP contribution in [0.15, 0.2) is 40.6 Å². The number of nitrogens with one attached hydrogen (secondary N) is 1. The van der Waals surface area contributed by atoms with E-state index in [-0.39, 0.29) is 16.9 Å². The highest BCUT2D eigenvalue weighted by atomic mass is 32.2. The molecule has 1 fully saturated rings. The zero-order chi connectivity index (χ0) is 17.6. The summed E-state index contributed by atoms with van der Waals surface area (Å²) >= 11 is 3.00. The van der Waals surface area contributed by atoms with Crippen molar-refractivity contribution >= 4 is 35.1 Å². The lowest BCUT2D eigenvalue weighted by molar-refractivity contribution is -0.113. The monoisotopic (exact) mass is 373 g/mol. The molecule has 0 spiro atoms. The van der Waals surface area contributed by atoms with Crippen molar-refractivity contribution in [2.24, 2.45) is 0 Å².